The second kappa shape index (κ2) is 9.04. The minimum Gasteiger partial charge on any atom is -0.494 e. The van der Waals surface area contributed by atoms with E-state index in [1.807, 2.05) is 60.4 Å². The maximum atomic E-state index is 12.7. The van der Waals surface area contributed by atoms with E-state index in [-0.39, 0.29) is 11.8 Å². The molecule has 0 atom stereocenters. The van der Waals surface area contributed by atoms with Crippen LogP contribution in [0, 0.1) is 0 Å². The van der Waals surface area contributed by atoms with Gasteiger partial charge in [-0.1, -0.05) is 24.3 Å². The maximum Gasteiger partial charge on any atom is 0.255 e. The number of amides is 2. The minimum absolute atomic E-state index is 0.00101. The normalized spacial score (nSPS) is 14.1. The number of rotatable bonds is 5. The highest BCUT2D eigenvalue weighted by Crippen LogP contribution is 2.19. The SMILES string of the molecule is CCOc1ccc(CC(=O)N2CCN(C(=O)c3ccccc3Br)CC2)cc1. The van der Waals surface area contributed by atoms with Gasteiger partial charge in [-0.3, -0.25) is 9.59 Å². The third-order valence-corrected chi connectivity index (χ3v) is 5.31. The van der Waals surface area contributed by atoms with E-state index in [4.69, 9.17) is 4.74 Å². The first kappa shape index (κ1) is 19.4. The third-order valence-electron chi connectivity index (χ3n) is 4.61. The van der Waals surface area contributed by atoms with Crippen molar-refractivity contribution in [3.8, 4) is 5.75 Å². The fraction of sp³-hybridized carbons (Fsp3) is 0.333. The minimum atomic E-state index is 0.00101. The lowest BCUT2D eigenvalue weighted by molar-refractivity contribution is -0.131. The molecule has 0 N–H and O–H groups in total. The smallest absolute Gasteiger partial charge is 0.255 e. The van der Waals surface area contributed by atoms with Gasteiger partial charge in [0.1, 0.15) is 5.75 Å². The number of halogens is 1. The Labute approximate surface area is 168 Å². The number of piperazine rings is 1. The van der Waals surface area contributed by atoms with Gasteiger partial charge in [-0.05, 0) is 52.7 Å². The van der Waals surface area contributed by atoms with Crippen molar-refractivity contribution in [2.24, 2.45) is 0 Å². The molecule has 0 spiro atoms. The van der Waals surface area contributed by atoms with Crippen LogP contribution in [0.2, 0.25) is 0 Å². The quantitative estimate of drug-likeness (QED) is 0.730. The Kier molecular flexibility index (Phi) is 6.50. The van der Waals surface area contributed by atoms with Crippen molar-refractivity contribution in [3.05, 3.63) is 64.1 Å². The van der Waals surface area contributed by atoms with E-state index in [1.165, 1.54) is 0 Å². The van der Waals surface area contributed by atoms with Crippen LogP contribution >= 0.6 is 15.9 Å². The molecule has 27 heavy (non-hydrogen) atoms. The first-order chi connectivity index (χ1) is 13.1. The van der Waals surface area contributed by atoms with E-state index in [9.17, 15) is 9.59 Å². The monoisotopic (exact) mass is 430 g/mol. The van der Waals surface area contributed by atoms with Crippen LogP contribution in [0.1, 0.15) is 22.8 Å². The average molecular weight is 431 g/mol. The van der Waals surface area contributed by atoms with E-state index in [1.54, 1.807) is 4.90 Å². The molecule has 1 aliphatic heterocycles. The molecule has 2 aromatic rings. The standard InChI is InChI=1S/C21H23BrN2O3/c1-2-27-17-9-7-16(8-10-17)15-20(25)23-11-13-24(14-12-23)21(26)18-5-3-4-6-19(18)22/h3-10H,2,11-15H2,1H3. The van der Waals surface area contributed by atoms with Crippen LogP contribution in [-0.4, -0.2) is 54.4 Å². The van der Waals surface area contributed by atoms with Gasteiger partial charge in [-0.2, -0.15) is 0 Å². The van der Waals surface area contributed by atoms with Crippen LogP contribution in [0.4, 0.5) is 0 Å². The molecule has 0 unspecified atom stereocenters. The molecular weight excluding hydrogens is 408 g/mol. The largest absolute Gasteiger partial charge is 0.494 e. The van der Waals surface area contributed by atoms with Crippen molar-refractivity contribution in [1.82, 2.24) is 9.80 Å². The van der Waals surface area contributed by atoms with Crippen LogP contribution in [-0.2, 0) is 11.2 Å². The lowest BCUT2D eigenvalue weighted by atomic mass is 10.1. The van der Waals surface area contributed by atoms with Crippen molar-refractivity contribution in [2.45, 2.75) is 13.3 Å². The molecule has 2 aromatic carbocycles. The van der Waals surface area contributed by atoms with Crippen molar-refractivity contribution in [2.75, 3.05) is 32.8 Å². The summed E-state index contributed by atoms with van der Waals surface area (Å²) in [6.45, 7) is 4.79. The zero-order valence-corrected chi connectivity index (χ0v) is 16.9. The molecule has 2 amide bonds. The van der Waals surface area contributed by atoms with Crippen LogP contribution in [0.15, 0.2) is 53.0 Å². The summed E-state index contributed by atoms with van der Waals surface area (Å²) in [5.41, 5.74) is 1.63. The number of hydrogen-bond acceptors (Lipinski definition) is 3. The maximum absolute atomic E-state index is 12.7. The van der Waals surface area contributed by atoms with Crippen molar-refractivity contribution in [1.29, 1.82) is 0 Å². The Hall–Kier alpha value is -2.34. The van der Waals surface area contributed by atoms with E-state index >= 15 is 0 Å². The summed E-state index contributed by atoms with van der Waals surface area (Å²) in [5.74, 6) is 0.904. The summed E-state index contributed by atoms with van der Waals surface area (Å²) in [4.78, 5) is 28.9. The van der Waals surface area contributed by atoms with Crippen LogP contribution in [0.25, 0.3) is 0 Å². The zero-order valence-electron chi connectivity index (χ0n) is 15.4. The molecule has 0 aliphatic carbocycles. The van der Waals surface area contributed by atoms with Crippen LogP contribution in [0.3, 0.4) is 0 Å². The van der Waals surface area contributed by atoms with E-state index in [2.05, 4.69) is 15.9 Å². The van der Waals surface area contributed by atoms with E-state index in [0.717, 1.165) is 15.8 Å². The second-order valence-electron chi connectivity index (χ2n) is 6.41. The molecule has 5 nitrogen and oxygen atoms in total. The highest BCUT2D eigenvalue weighted by atomic mass is 79.9. The molecule has 0 bridgehead atoms. The molecule has 0 radical (unpaired) electrons. The van der Waals surface area contributed by atoms with Gasteiger partial charge in [0, 0.05) is 30.7 Å². The molecule has 142 valence electrons. The number of hydrogen-bond donors (Lipinski definition) is 0. The lowest BCUT2D eigenvalue weighted by Gasteiger charge is -2.35. The predicted octanol–water partition coefficient (Wildman–Crippen LogP) is 3.37. The van der Waals surface area contributed by atoms with Gasteiger partial charge in [0.25, 0.3) is 5.91 Å². The number of benzene rings is 2. The molecular formula is C21H23BrN2O3. The second-order valence-corrected chi connectivity index (χ2v) is 7.26. The first-order valence-electron chi connectivity index (χ1n) is 9.12. The fourth-order valence-electron chi connectivity index (χ4n) is 3.12. The fourth-order valence-corrected chi connectivity index (χ4v) is 3.57. The first-order valence-corrected chi connectivity index (χ1v) is 9.91. The number of nitrogens with zero attached hydrogens (tertiary/aromatic N) is 2. The van der Waals surface area contributed by atoms with Gasteiger partial charge in [-0.25, -0.2) is 0 Å². The Morgan fingerprint density at radius 2 is 1.59 bits per heavy atom. The Morgan fingerprint density at radius 1 is 0.963 bits per heavy atom. The summed E-state index contributed by atoms with van der Waals surface area (Å²) in [5, 5.41) is 0. The molecule has 3 rings (SSSR count). The molecule has 1 heterocycles. The highest BCUT2D eigenvalue weighted by molar-refractivity contribution is 9.10. The summed E-state index contributed by atoms with van der Waals surface area (Å²) < 4.78 is 6.22. The number of ether oxygens (including phenoxy) is 1. The van der Waals surface area contributed by atoms with Gasteiger partial charge < -0.3 is 14.5 Å². The highest BCUT2D eigenvalue weighted by Gasteiger charge is 2.25. The van der Waals surface area contributed by atoms with Crippen LogP contribution in [0.5, 0.6) is 5.75 Å². The van der Waals surface area contributed by atoms with Gasteiger partial charge in [-0.15, -0.1) is 0 Å². The molecule has 1 fully saturated rings. The summed E-state index contributed by atoms with van der Waals surface area (Å²) in [6.07, 6.45) is 0.366. The van der Waals surface area contributed by atoms with Crippen molar-refractivity contribution in [3.63, 3.8) is 0 Å². The zero-order chi connectivity index (χ0) is 19.2. The van der Waals surface area contributed by atoms with E-state index < -0.39 is 0 Å². The van der Waals surface area contributed by atoms with Crippen molar-refractivity contribution < 1.29 is 14.3 Å². The Bertz CT molecular complexity index is 799. The topological polar surface area (TPSA) is 49.9 Å². The lowest BCUT2D eigenvalue weighted by Crippen LogP contribution is -2.51. The third kappa shape index (κ3) is 4.89. The Morgan fingerprint density at radius 3 is 2.22 bits per heavy atom. The predicted molar refractivity (Wildman–Crippen MR) is 108 cm³/mol. The Balaban J connectivity index is 1.53. The molecule has 0 saturated carbocycles. The summed E-state index contributed by atoms with van der Waals surface area (Å²) in [7, 11) is 0. The van der Waals surface area contributed by atoms with Gasteiger partial charge in [0.05, 0.1) is 18.6 Å². The molecule has 0 aromatic heterocycles. The average Bonchev–Trinajstić information content (AvgIpc) is 2.70. The van der Waals surface area contributed by atoms with Gasteiger partial charge >= 0.3 is 0 Å². The molecule has 6 heteroatoms. The van der Waals surface area contributed by atoms with Gasteiger partial charge in [0.15, 0.2) is 0 Å². The summed E-state index contributed by atoms with van der Waals surface area (Å²) in [6, 6.07) is 15.1. The van der Waals surface area contributed by atoms with Crippen LogP contribution < -0.4 is 4.74 Å². The van der Waals surface area contributed by atoms with E-state index in [0.29, 0.717) is 44.8 Å². The molecule has 1 saturated heterocycles. The number of carbonyl (C=O) groups is 2. The summed E-state index contributed by atoms with van der Waals surface area (Å²) >= 11 is 3.43. The van der Waals surface area contributed by atoms with Crippen molar-refractivity contribution >= 4 is 27.7 Å². The number of carbonyl (C=O) groups excluding carboxylic acids is 2. The molecule has 1 aliphatic rings. The van der Waals surface area contributed by atoms with Gasteiger partial charge in [0.2, 0.25) is 5.91 Å².